The summed E-state index contributed by atoms with van der Waals surface area (Å²) in [5.41, 5.74) is 0. The van der Waals surface area contributed by atoms with Crippen LogP contribution < -0.4 is 5.32 Å². The first-order chi connectivity index (χ1) is 7.76. The highest BCUT2D eigenvalue weighted by Gasteiger charge is 2.07. The Morgan fingerprint density at radius 1 is 1.38 bits per heavy atom. The highest BCUT2D eigenvalue weighted by Crippen LogP contribution is 2.12. The third kappa shape index (κ3) is 4.77. The monoisotopic (exact) mass is 243 g/mol. The number of nitrogens with zero attached hydrogens (tertiary/aromatic N) is 2. The van der Waals surface area contributed by atoms with Crippen molar-refractivity contribution in [2.45, 2.75) is 26.2 Å². The van der Waals surface area contributed by atoms with Gasteiger partial charge in [0.05, 0.1) is 0 Å². The lowest BCUT2D eigenvalue weighted by molar-refractivity contribution is 0.255. The Balaban J connectivity index is 2.38. The third-order valence-corrected chi connectivity index (χ3v) is 2.64. The van der Waals surface area contributed by atoms with Crippen molar-refractivity contribution in [1.82, 2.24) is 10.2 Å². The van der Waals surface area contributed by atoms with Gasteiger partial charge in [0.1, 0.15) is 5.82 Å². The fraction of sp³-hybridized carbons (Fsp3) is 0.636. The molecule has 1 rings (SSSR count). The van der Waals surface area contributed by atoms with Crippen LogP contribution in [0.25, 0.3) is 0 Å². The SMILES string of the molecule is CCCC(CCO)CNc1ccc(Cl)nn1. The number of aromatic nitrogens is 2. The maximum absolute atomic E-state index is 8.92. The molecule has 0 amide bonds. The number of rotatable bonds is 7. The Labute approximate surface area is 101 Å². The molecule has 4 nitrogen and oxygen atoms in total. The molecule has 0 aromatic carbocycles. The summed E-state index contributed by atoms with van der Waals surface area (Å²) in [6.45, 7) is 3.19. The molecule has 0 aliphatic rings. The van der Waals surface area contributed by atoms with Crippen LogP contribution in [-0.4, -0.2) is 28.5 Å². The van der Waals surface area contributed by atoms with Gasteiger partial charge >= 0.3 is 0 Å². The van der Waals surface area contributed by atoms with E-state index in [2.05, 4.69) is 22.4 Å². The summed E-state index contributed by atoms with van der Waals surface area (Å²) in [6.07, 6.45) is 3.05. The zero-order chi connectivity index (χ0) is 11.8. The summed E-state index contributed by atoms with van der Waals surface area (Å²) in [5, 5.41) is 20.2. The predicted octanol–water partition coefficient (Wildman–Crippen LogP) is 2.34. The number of hydrogen-bond donors (Lipinski definition) is 2. The summed E-state index contributed by atoms with van der Waals surface area (Å²) >= 11 is 5.64. The molecule has 0 saturated heterocycles. The average molecular weight is 244 g/mol. The van der Waals surface area contributed by atoms with E-state index in [-0.39, 0.29) is 6.61 Å². The topological polar surface area (TPSA) is 58.0 Å². The van der Waals surface area contributed by atoms with E-state index >= 15 is 0 Å². The first kappa shape index (κ1) is 13.2. The second-order valence-corrected chi connectivity index (χ2v) is 4.18. The smallest absolute Gasteiger partial charge is 0.151 e. The summed E-state index contributed by atoms with van der Waals surface area (Å²) < 4.78 is 0. The van der Waals surface area contributed by atoms with Gasteiger partial charge in [0.15, 0.2) is 5.15 Å². The van der Waals surface area contributed by atoms with Gasteiger partial charge in [-0.15, -0.1) is 10.2 Å². The van der Waals surface area contributed by atoms with Crippen LogP contribution in [0.15, 0.2) is 12.1 Å². The molecular formula is C11H18ClN3O. The maximum Gasteiger partial charge on any atom is 0.151 e. The van der Waals surface area contributed by atoms with E-state index in [0.717, 1.165) is 31.6 Å². The Morgan fingerprint density at radius 2 is 2.19 bits per heavy atom. The van der Waals surface area contributed by atoms with Crippen LogP contribution in [0.4, 0.5) is 5.82 Å². The molecule has 0 saturated carbocycles. The van der Waals surface area contributed by atoms with Crippen molar-refractivity contribution in [3.8, 4) is 0 Å². The second kappa shape index (κ2) is 7.41. The molecule has 0 fully saturated rings. The molecule has 0 aliphatic carbocycles. The number of hydrogen-bond acceptors (Lipinski definition) is 4. The number of nitrogens with one attached hydrogen (secondary N) is 1. The number of aliphatic hydroxyl groups excluding tert-OH is 1. The van der Waals surface area contributed by atoms with Crippen molar-refractivity contribution >= 4 is 17.4 Å². The molecule has 1 heterocycles. The van der Waals surface area contributed by atoms with Crippen LogP contribution >= 0.6 is 11.6 Å². The zero-order valence-electron chi connectivity index (χ0n) is 9.49. The highest BCUT2D eigenvalue weighted by atomic mass is 35.5. The van der Waals surface area contributed by atoms with Gasteiger partial charge in [0.25, 0.3) is 0 Å². The van der Waals surface area contributed by atoms with Crippen LogP contribution in [-0.2, 0) is 0 Å². The van der Waals surface area contributed by atoms with Gasteiger partial charge < -0.3 is 10.4 Å². The normalized spacial score (nSPS) is 12.4. The van der Waals surface area contributed by atoms with Crippen LogP contribution in [0.5, 0.6) is 0 Å². The molecule has 16 heavy (non-hydrogen) atoms. The van der Waals surface area contributed by atoms with Crippen molar-refractivity contribution in [2.75, 3.05) is 18.5 Å². The Bertz CT molecular complexity index is 286. The van der Waals surface area contributed by atoms with Gasteiger partial charge in [0, 0.05) is 13.2 Å². The lowest BCUT2D eigenvalue weighted by Gasteiger charge is -2.15. The standard InChI is InChI=1S/C11H18ClN3O/c1-2-3-9(6-7-16)8-13-11-5-4-10(12)14-15-11/h4-5,9,16H,2-3,6-8H2,1H3,(H,13,15). The van der Waals surface area contributed by atoms with Gasteiger partial charge in [-0.2, -0.15) is 0 Å². The zero-order valence-corrected chi connectivity index (χ0v) is 10.2. The summed E-state index contributed by atoms with van der Waals surface area (Å²) in [6, 6.07) is 3.51. The fourth-order valence-electron chi connectivity index (χ4n) is 1.60. The van der Waals surface area contributed by atoms with Gasteiger partial charge in [-0.1, -0.05) is 24.9 Å². The van der Waals surface area contributed by atoms with Crippen molar-refractivity contribution in [3.05, 3.63) is 17.3 Å². The largest absolute Gasteiger partial charge is 0.396 e. The summed E-state index contributed by atoms with van der Waals surface area (Å²) in [7, 11) is 0. The Morgan fingerprint density at radius 3 is 2.75 bits per heavy atom. The minimum absolute atomic E-state index is 0.235. The minimum Gasteiger partial charge on any atom is -0.396 e. The van der Waals surface area contributed by atoms with Gasteiger partial charge in [0.2, 0.25) is 0 Å². The first-order valence-electron chi connectivity index (χ1n) is 5.60. The fourth-order valence-corrected chi connectivity index (χ4v) is 1.70. The Hall–Kier alpha value is -0.870. The highest BCUT2D eigenvalue weighted by molar-refractivity contribution is 6.29. The van der Waals surface area contributed by atoms with E-state index < -0.39 is 0 Å². The Kier molecular flexibility index (Phi) is 6.11. The van der Waals surface area contributed by atoms with Crippen LogP contribution in [0.1, 0.15) is 26.2 Å². The third-order valence-electron chi connectivity index (χ3n) is 2.44. The molecule has 0 spiro atoms. The molecule has 0 bridgehead atoms. The molecule has 1 atom stereocenters. The van der Waals surface area contributed by atoms with E-state index in [1.165, 1.54) is 0 Å². The van der Waals surface area contributed by atoms with Crippen LogP contribution in [0.2, 0.25) is 5.15 Å². The van der Waals surface area contributed by atoms with Gasteiger partial charge in [-0.3, -0.25) is 0 Å². The van der Waals surface area contributed by atoms with Crippen molar-refractivity contribution < 1.29 is 5.11 Å². The lowest BCUT2D eigenvalue weighted by atomic mass is 10.0. The lowest BCUT2D eigenvalue weighted by Crippen LogP contribution is -2.16. The molecule has 2 N–H and O–H groups in total. The van der Waals surface area contributed by atoms with Crippen molar-refractivity contribution in [2.24, 2.45) is 5.92 Å². The molecule has 5 heteroatoms. The summed E-state index contributed by atoms with van der Waals surface area (Å²) in [5.74, 6) is 1.20. The maximum atomic E-state index is 8.92. The molecule has 0 aliphatic heterocycles. The molecular weight excluding hydrogens is 226 g/mol. The van der Waals surface area contributed by atoms with E-state index in [1.807, 2.05) is 0 Å². The second-order valence-electron chi connectivity index (χ2n) is 3.79. The molecule has 1 aromatic rings. The first-order valence-corrected chi connectivity index (χ1v) is 5.98. The van der Waals surface area contributed by atoms with E-state index in [1.54, 1.807) is 12.1 Å². The number of halogens is 1. The predicted molar refractivity (Wildman–Crippen MR) is 65.6 cm³/mol. The van der Waals surface area contributed by atoms with Gasteiger partial charge in [-0.05, 0) is 30.9 Å². The van der Waals surface area contributed by atoms with E-state index in [9.17, 15) is 0 Å². The molecule has 0 radical (unpaired) electrons. The van der Waals surface area contributed by atoms with Crippen molar-refractivity contribution in [3.63, 3.8) is 0 Å². The van der Waals surface area contributed by atoms with Crippen LogP contribution in [0, 0.1) is 5.92 Å². The van der Waals surface area contributed by atoms with Crippen LogP contribution in [0.3, 0.4) is 0 Å². The van der Waals surface area contributed by atoms with Crippen molar-refractivity contribution in [1.29, 1.82) is 0 Å². The summed E-state index contributed by atoms with van der Waals surface area (Å²) in [4.78, 5) is 0. The molecule has 1 unspecified atom stereocenters. The van der Waals surface area contributed by atoms with Gasteiger partial charge in [-0.25, -0.2) is 0 Å². The minimum atomic E-state index is 0.235. The average Bonchev–Trinajstić information content (AvgIpc) is 2.29. The number of aliphatic hydroxyl groups is 1. The van der Waals surface area contributed by atoms with E-state index in [4.69, 9.17) is 16.7 Å². The number of anilines is 1. The molecule has 1 aromatic heterocycles. The van der Waals surface area contributed by atoms with E-state index in [0.29, 0.717) is 11.1 Å². The molecule has 90 valence electrons. The quantitative estimate of drug-likeness (QED) is 0.772.